The van der Waals surface area contributed by atoms with Crippen LogP contribution in [-0.4, -0.2) is 30.4 Å². The van der Waals surface area contributed by atoms with Gasteiger partial charge in [0, 0.05) is 17.5 Å². The molecule has 4 aromatic rings. The van der Waals surface area contributed by atoms with Crippen LogP contribution in [0.4, 0.5) is 0 Å². The molecule has 0 saturated carbocycles. The van der Waals surface area contributed by atoms with Gasteiger partial charge in [-0.05, 0) is 37.6 Å². The average molecular weight is 376 g/mol. The molecule has 0 radical (unpaired) electrons. The predicted octanol–water partition coefficient (Wildman–Crippen LogP) is 4.23. The van der Waals surface area contributed by atoms with E-state index in [4.69, 9.17) is 4.98 Å². The van der Waals surface area contributed by atoms with Crippen molar-refractivity contribution in [3.8, 4) is 11.3 Å². The summed E-state index contributed by atoms with van der Waals surface area (Å²) in [5.74, 6) is 0.457. The molecular formula is C21H20N4OS. The highest BCUT2D eigenvalue weighted by molar-refractivity contribution is 7.99. The number of aryl methyl sites for hydroxylation is 2. The van der Waals surface area contributed by atoms with Crippen LogP contribution in [0.2, 0.25) is 0 Å². The Balaban J connectivity index is 1.72. The molecule has 27 heavy (non-hydrogen) atoms. The van der Waals surface area contributed by atoms with Crippen LogP contribution in [0.3, 0.4) is 0 Å². The summed E-state index contributed by atoms with van der Waals surface area (Å²) in [7, 11) is 0. The third kappa shape index (κ3) is 3.59. The predicted molar refractivity (Wildman–Crippen MR) is 108 cm³/mol. The molecule has 0 amide bonds. The molecule has 1 unspecified atom stereocenters. The minimum Gasteiger partial charge on any atom is -0.386 e. The zero-order valence-electron chi connectivity index (χ0n) is 15.2. The highest BCUT2D eigenvalue weighted by Crippen LogP contribution is 2.32. The molecule has 0 spiro atoms. The van der Waals surface area contributed by atoms with E-state index in [1.54, 1.807) is 6.20 Å². The molecule has 3 aromatic heterocycles. The Kier molecular flexibility index (Phi) is 4.92. The maximum absolute atomic E-state index is 10.4. The molecule has 5 nitrogen and oxygen atoms in total. The number of aliphatic hydroxyl groups is 1. The van der Waals surface area contributed by atoms with Gasteiger partial charge < -0.3 is 5.11 Å². The van der Waals surface area contributed by atoms with Crippen LogP contribution >= 0.6 is 11.8 Å². The van der Waals surface area contributed by atoms with Gasteiger partial charge in [0.25, 0.3) is 0 Å². The number of thioether (sulfide) groups is 1. The van der Waals surface area contributed by atoms with E-state index < -0.39 is 6.10 Å². The van der Waals surface area contributed by atoms with Crippen molar-refractivity contribution in [2.45, 2.75) is 25.1 Å². The monoisotopic (exact) mass is 376 g/mol. The molecule has 0 fully saturated rings. The number of aromatic nitrogens is 4. The van der Waals surface area contributed by atoms with Crippen LogP contribution in [0.5, 0.6) is 0 Å². The number of nitrogens with zero attached hydrogens (tertiary/aromatic N) is 4. The Morgan fingerprint density at radius 1 is 1.07 bits per heavy atom. The summed E-state index contributed by atoms with van der Waals surface area (Å²) in [6.07, 6.45) is 1.03. The van der Waals surface area contributed by atoms with Gasteiger partial charge in [-0.2, -0.15) is 5.10 Å². The minimum absolute atomic E-state index is 0.457. The van der Waals surface area contributed by atoms with Gasteiger partial charge in [0.05, 0.1) is 22.6 Å². The first-order chi connectivity index (χ1) is 13.1. The fourth-order valence-corrected chi connectivity index (χ4v) is 4.00. The minimum atomic E-state index is -0.658. The highest BCUT2D eigenvalue weighted by atomic mass is 32.2. The zero-order valence-corrected chi connectivity index (χ0v) is 16.0. The number of pyridine rings is 1. The van der Waals surface area contributed by atoms with E-state index in [1.165, 1.54) is 11.8 Å². The number of benzene rings is 1. The Morgan fingerprint density at radius 3 is 2.59 bits per heavy atom. The lowest BCUT2D eigenvalue weighted by molar-refractivity contribution is 0.199. The molecular weight excluding hydrogens is 356 g/mol. The molecule has 0 aliphatic carbocycles. The summed E-state index contributed by atoms with van der Waals surface area (Å²) < 4.78 is 1.89. The lowest BCUT2D eigenvalue weighted by Crippen LogP contribution is -2.04. The molecule has 1 atom stereocenters. The van der Waals surface area contributed by atoms with Crippen molar-refractivity contribution in [3.05, 3.63) is 77.7 Å². The van der Waals surface area contributed by atoms with Crippen molar-refractivity contribution in [3.63, 3.8) is 0 Å². The topological polar surface area (TPSA) is 63.3 Å². The summed E-state index contributed by atoms with van der Waals surface area (Å²) in [4.78, 5) is 9.09. The molecule has 0 bridgehead atoms. The van der Waals surface area contributed by atoms with Gasteiger partial charge in [-0.15, -0.1) is 0 Å². The number of imidazole rings is 1. The van der Waals surface area contributed by atoms with Gasteiger partial charge in [-0.3, -0.25) is 4.98 Å². The Bertz CT molecular complexity index is 1060. The standard InChI is InChI=1S/C21H20N4OS/c1-14-12-15(2)24-25-20(14)19(16-8-4-3-5-9-16)23-21(25)27-13-18(26)17-10-6-7-11-22-17/h3-12,18,26H,13H2,1-2H3. The maximum Gasteiger partial charge on any atom is 0.190 e. The summed E-state index contributed by atoms with van der Waals surface area (Å²) in [6, 6.07) is 17.7. The fourth-order valence-electron chi connectivity index (χ4n) is 3.11. The lowest BCUT2D eigenvalue weighted by Gasteiger charge is -2.09. The lowest BCUT2D eigenvalue weighted by atomic mass is 10.1. The summed E-state index contributed by atoms with van der Waals surface area (Å²) in [6.45, 7) is 4.06. The quantitative estimate of drug-likeness (QED) is 0.528. The van der Waals surface area contributed by atoms with Crippen molar-refractivity contribution in [2.24, 2.45) is 0 Å². The van der Waals surface area contributed by atoms with Crippen LogP contribution in [0, 0.1) is 13.8 Å². The molecule has 1 aromatic carbocycles. The van der Waals surface area contributed by atoms with E-state index in [0.29, 0.717) is 11.4 Å². The van der Waals surface area contributed by atoms with Crippen LogP contribution in [-0.2, 0) is 0 Å². The molecule has 0 saturated heterocycles. The van der Waals surface area contributed by atoms with Gasteiger partial charge in [0.15, 0.2) is 5.16 Å². The normalized spacial score (nSPS) is 12.4. The van der Waals surface area contributed by atoms with Crippen LogP contribution < -0.4 is 0 Å². The second-order valence-electron chi connectivity index (χ2n) is 6.42. The van der Waals surface area contributed by atoms with Crippen molar-refractivity contribution in [1.82, 2.24) is 19.6 Å². The Hall–Kier alpha value is -2.70. The van der Waals surface area contributed by atoms with Gasteiger partial charge in [-0.25, -0.2) is 9.50 Å². The summed E-state index contributed by atoms with van der Waals surface area (Å²) >= 11 is 1.49. The number of rotatable bonds is 5. The first kappa shape index (κ1) is 17.7. The Morgan fingerprint density at radius 2 is 1.85 bits per heavy atom. The molecule has 0 aliphatic rings. The van der Waals surface area contributed by atoms with Gasteiger partial charge in [-0.1, -0.05) is 48.2 Å². The van der Waals surface area contributed by atoms with Crippen LogP contribution in [0.1, 0.15) is 23.1 Å². The number of aliphatic hydroxyl groups excluding tert-OH is 1. The van der Waals surface area contributed by atoms with E-state index in [0.717, 1.165) is 33.2 Å². The molecule has 4 rings (SSSR count). The van der Waals surface area contributed by atoms with E-state index in [9.17, 15) is 5.11 Å². The first-order valence-corrected chi connectivity index (χ1v) is 9.76. The van der Waals surface area contributed by atoms with Crippen molar-refractivity contribution < 1.29 is 5.11 Å². The molecule has 3 heterocycles. The molecule has 136 valence electrons. The third-order valence-electron chi connectivity index (χ3n) is 4.33. The van der Waals surface area contributed by atoms with Crippen molar-refractivity contribution in [2.75, 3.05) is 5.75 Å². The van der Waals surface area contributed by atoms with Crippen LogP contribution in [0.25, 0.3) is 16.8 Å². The number of fused-ring (bicyclic) bond motifs is 1. The fraction of sp³-hybridized carbons (Fsp3) is 0.190. The van der Waals surface area contributed by atoms with Gasteiger partial charge in [0.1, 0.15) is 6.10 Å². The molecule has 0 aliphatic heterocycles. The maximum atomic E-state index is 10.4. The van der Waals surface area contributed by atoms with E-state index in [2.05, 4.69) is 35.2 Å². The number of hydrogen-bond acceptors (Lipinski definition) is 5. The largest absolute Gasteiger partial charge is 0.386 e. The summed E-state index contributed by atoms with van der Waals surface area (Å²) in [5, 5.41) is 15.9. The Labute approximate surface area is 162 Å². The second kappa shape index (κ2) is 7.50. The van der Waals surface area contributed by atoms with Gasteiger partial charge >= 0.3 is 0 Å². The van der Waals surface area contributed by atoms with E-state index in [-0.39, 0.29) is 0 Å². The number of hydrogen-bond donors (Lipinski definition) is 1. The first-order valence-electron chi connectivity index (χ1n) is 8.77. The zero-order chi connectivity index (χ0) is 18.8. The van der Waals surface area contributed by atoms with Crippen molar-refractivity contribution >= 4 is 17.3 Å². The average Bonchev–Trinajstić information content (AvgIpc) is 3.06. The van der Waals surface area contributed by atoms with E-state index in [1.807, 2.05) is 47.8 Å². The summed E-state index contributed by atoms with van der Waals surface area (Å²) in [5.41, 5.74) is 5.70. The highest BCUT2D eigenvalue weighted by Gasteiger charge is 2.18. The van der Waals surface area contributed by atoms with Crippen molar-refractivity contribution in [1.29, 1.82) is 0 Å². The molecule has 1 N–H and O–H groups in total. The van der Waals surface area contributed by atoms with Gasteiger partial charge in [0.2, 0.25) is 0 Å². The van der Waals surface area contributed by atoms with Crippen LogP contribution in [0.15, 0.2) is 66.0 Å². The third-order valence-corrected chi connectivity index (χ3v) is 5.33. The second-order valence-corrected chi connectivity index (χ2v) is 7.41. The van der Waals surface area contributed by atoms with E-state index >= 15 is 0 Å². The SMILES string of the molecule is Cc1cc(C)c2c(-c3ccccc3)nc(SCC(O)c3ccccn3)n2n1. The smallest absolute Gasteiger partial charge is 0.190 e. The molecule has 6 heteroatoms.